The standard InChI is InChI=1S/C11H17N3O/c1-9(11-8-12-4-5-13-11)14(6-7-15)10-2-3-10/h4-5,8-10,15H,2-3,6-7H2,1H3/t9-/m0/s1. The first-order valence-corrected chi connectivity index (χ1v) is 5.45. The highest BCUT2D eigenvalue weighted by Crippen LogP contribution is 2.32. The Morgan fingerprint density at radius 2 is 2.33 bits per heavy atom. The molecule has 0 amide bonds. The second-order valence-corrected chi connectivity index (χ2v) is 4.00. The lowest BCUT2D eigenvalue weighted by Gasteiger charge is -2.27. The zero-order valence-electron chi connectivity index (χ0n) is 9.00. The zero-order valence-corrected chi connectivity index (χ0v) is 9.00. The maximum atomic E-state index is 9.03. The van der Waals surface area contributed by atoms with Gasteiger partial charge in [-0.3, -0.25) is 14.9 Å². The first-order chi connectivity index (χ1) is 7.33. The Labute approximate surface area is 90.0 Å². The van der Waals surface area contributed by atoms with E-state index in [1.54, 1.807) is 18.6 Å². The van der Waals surface area contributed by atoms with Crippen molar-refractivity contribution in [1.82, 2.24) is 14.9 Å². The maximum Gasteiger partial charge on any atom is 0.0755 e. The van der Waals surface area contributed by atoms with Crippen LogP contribution in [0.2, 0.25) is 0 Å². The summed E-state index contributed by atoms with van der Waals surface area (Å²) in [5.41, 5.74) is 0.984. The summed E-state index contributed by atoms with van der Waals surface area (Å²) in [6.07, 6.45) is 7.69. The molecule has 0 aromatic carbocycles. The average molecular weight is 207 g/mol. The van der Waals surface area contributed by atoms with E-state index >= 15 is 0 Å². The predicted molar refractivity (Wildman–Crippen MR) is 57.3 cm³/mol. The van der Waals surface area contributed by atoms with E-state index in [4.69, 9.17) is 5.11 Å². The smallest absolute Gasteiger partial charge is 0.0755 e. The molecule has 1 N–H and O–H groups in total. The first-order valence-electron chi connectivity index (χ1n) is 5.45. The number of aromatic nitrogens is 2. The van der Waals surface area contributed by atoms with Crippen LogP contribution in [0.1, 0.15) is 31.5 Å². The SMILES string of the molecule is C[C@@H](c1cnccn1)N(CCO)C1CC1. The van der Waals surface area contributed by atoms with Crippen LogP contribution in [0.4, 0.5) is 0 Å². The quantitative estimate of drug-likeness (QED) is 0.782. The van der Waals surface area contributed by atoms with Crippen LogP contribution < -0.4 is 0 Å². The van der Waals surface area contributed by atoms with E-state index in [9.17, 15) is 0 Å². The average Bonchev–Trinajstić information content (AvgIpc) is 3.10. The molecule has 1 fully saturated rings. The number of rotatable bonds is 5. The molecule has 1 aliphatic carbocycles. The van der Waals surface area contributed by atoms with Crippen molar-refractivity contribution in [3.63, 3.8) is 0 Å². The minimum absolute atomic E-state index is 0.209. The largest absolute Gasteiger partial charge is 0.395 e. The lowest BCUT2D eigenvalue weighted by atomic mass is 10.2. The molecule has 1 aliphatic rings. The van der Waals surface area contributed by atoms with E-state index in [2.05, 4.69) is 21.8 Å². The summed E-state index contributed by atoms with van der Waals surface area (Å²) in [5, 5.41) is 9.03. The summed E-state index contributed by atoms with van der Waals surface area (Å²) in [4.78, 5) is 10.7. The molecule has 4 nitrogen and oxygen atoms in total. The normalized spacial score (nSPS) is 18.1. The molecular weight excluding hydrogens is 190 g/mol. The summed E-state index contributed by atoms with van der Waals surface area (Å²) >= 11 is 0. The van der Waals surface area contributed by atoms with Crippen LogP contribution in [0.3, 0.4) is 0 Å². The molecule has 15 heavy (non-hydrogen) atoms. The van der Waals surface area contributed by atoms with E-state index in [-0.39, 0.29) is 12.6 Å². The minimum atomic E-state index is 0.209. The summed E-state index contributed by atoms with van der Waals surface area (Å²) in [7, 11) is 0. The third-order valence-corrected chi connectivity index (χ3v) is 2.88. The van der Waals surface area contributed by atoms with Gasteiger partial charge in [0.1, 0.15) is 0 Å². The molecule has 4 heteroatoms. The number of nitrogens with zero attached hydrogens (tertiary/aromatic N) is 3. The molecule has 1 aromatic rings. The van der Waals surface area contributed by atoms with Crippen LogP contribution in [-0.4, -0.2) is 39.2 Å². The van der Waals surface area contributed by atoms with Crippen LogP contribution in [0, 0.1) is 0 Å². The third kappa shape index (κ3) is 2.52. The molecular formula is C11H17N3O. The Morgan fingerprint density at radius 1 is 1.53 bits per heavy atom. The Kier molecular flexibility index (Phi) is 3.28. The highest BCUT2D eigenvalue weighted by atomic mass is 16.3. The molecule has 1 atom stereocenters. The molecule has 0 saturated heterocycles. The third-order valence-electron chi connectivity index (χ3n) is 2.88. The monoisotopic (exact) mass is 207 g/mol. The number of aliphatic hydroxyl groups is 1. The lowest BCUT2D eigenvalue weighted by Crippen LogP contribution is -2.32. The van der Waals surface area contributed by atoms with Crippen LogP contribution in [0.25, 0.3) is 0 Å². The maximum absolute atomic E-state index is 9.03. The van der Waals surface area contributed by atoms with Crippen molar-refractivity contribution in [3.8, 4) is 0 Å². The van der Waals surface area contributed by atoms with E-state index in [1.807, 2.05) is 0 Å². The van der Waals surface area contributed by atoms with Gasteiger partial charge in [0.25, 0.3) is 0 Å². The van der Waals surface area contributed by atoms with Gasteiger partial charge in [-0.1, -0.05) is 0 Å². The molecule has 1 heterocycles. The fourth-order valence-electron chi connectivity index (χ4n) is 1.91. The van der Waals surface area contributed by atoms with Gasteiger partial charge in [-0.05, 0) is 19.8 Å². The summed E-state index contributed by atoms with van der Waals surface area (Å²) in [6, 6.07) is 0.882. The fourth-order valence-corrected chi connectivity index (χ4v) is 1.91. The second kappa shape index (κ2) is 4.68. The van der Waals surface area contributed by atoms with Crippen LogP contribution in [0.15, 0.2) is 18.6 Å². The van der Waals surface area contributed by atoms with Gasteiger partial charge in [0.05, 0.1) is 18.3 Å². The van der Waals surface area contributed by atoms with Crippen molar-refractivity contribution in [2.75, 3.05) is 13.2 Å². The van der Waals surface area contributed by atoms with Gasteiger partial charge >= 0.3 is 0 Å². The van der Waals surface area contributed by atoms with Crippen molar-refractivity contribution in [3.05, 3.63) is 24.3 Å². The van der Waals surface area contributed by atoms with Gasteiger partial charge in [0.15, 0.2) is 0 Å². The highest BCUT2D eigenvalue weighted by molar-refractivity contribution is 5.03. The zero-order chi connectivity index (χ0) is 10.7. The molecule has 0 bridgehead atoms. The number of hydrogen-bond donors (Lipinski definition) is 1. The van der Waals surface area contributed by atoms with Gasteiger partial charge in [0, 0.05) is 31.2 Å². The van der Waals surface area contributed by atoms with Gasteiger partial charge in [-0.2, -0.15) is 0 Å². The van der Waals surface area contributed by atoms with E-state index in [0.29, 0.717) is 6.04 Å². The topological polar surface area (TPSA) is 49.2 Å². The number of aliphatic hydroxyl groups excluding tert-OH is 1. The van der Waals surface area contributed by atoms with Crippen LogP contribution in [-0.2, 0) is 0 Å². The van der Waals surface area contributed by atoms with E-state index in [1.165, 1.54) is 12.8 Å². The van der Waals surface area contributed by atoms with Crippen molar-refractivity contribution in [2.45, 2.75) is 31.8 Å². The Balaban J connectivity index is 2.07. The minimum Gasteiger partial charge on any atom is -0.395 e. The van der Waals surface area contributed by atoms with Crippen molar-refractivity contribution >= 4 is 0 Å². The van der Waals surface area contributed by atoms with Gasteiger partial charge in [-0.15, -0.1) is 0 Å². The molecule has 1 saturated carbocycles. The van der Waals surface area contributed by atoms with Crippen LogP contribution in [0.5, 0.6) is 0 Å². The lowest BCUT2D eigenvalue weighted by molar-refractivity contribution is 0.148. The van der Waals surface area contributed by atoms with E-state index in [0.717, 1.165) is 12.2 Å². The summed E-state index contributed by atoms with van der Waals surface area (Å²) in [6.45, 7) is 3.06. The Bertz CT molecular complexity index is 300. The molecule has 0 radical (unpaired) electrons. The highest BCUT2D eigenvalue weighted by Gasteiger charge is 2.32. The van der Waals surface area contributed by atoms with Crippen molar-refractivity contribution < 1.29 is 5.11 Å². The Hall–Kier alpha value is -1.00. The molecule has 0 spiro atoms. The van der Waals surface area contributed by atoms with Crippen LogP contribution >= 0.6 is 0 Å². The van der Waals surface area contributed by atoms with Gasteiger partial charge < -0.3 is 5.11 Å². The number of hydrogen-bond acceptors (Lipinski definition) is 4. The predicted octanol–water partition coefficient (Wildman–Crippen LogP) is 0.994. The molecule has 82 valence electrons. The van der Waals surface area contributed by atoms with Gasteiger partial charge in [-0.25, -0.2) is 0 Å². The molecule has 2 rings (SSSR count). The molecule has 0 unspecified atom stereocenters. The van der Waals surface area contributed by atoms with Gasteiger partial charge in [0.2, 0.25) is 0 Å². The second-order valence-electron chi connectivity index (χ2n) is 4.00. The summed E-state index contributed by atoms with van der Waals surface area (Å²) < 4.78 is 0. The van der Waals surface area contributed by atoms with Crippen molar-refractivity contribution in [1.29, 1.82) is 0 Å². The fraction of sp³-hybridized carbons (Fsp3) is 0.636. The Morgan fingerprint density at radius 3 is 2.87 bits per heavy atom. The molecule has 0 aliphatic heterocycles. The summed E-state index contributed by atoms with van der Waals surface area (Å²) in [5.74, 6) is 0. The molecule has 1 aromatic heterocycles. The van der Waals surface area contributed by atoms with E-state index < -0.39 is 0 Å². The van der Waals surface area contributed by atoms with Crippen molar-refractivity contribution in [2.24, 2.45) is 0 Å². The first kappa shape index (κ1) is 10.5.